The van der Waals surface area contributed by atoms with E-state index >= 15 is 0 Å². The molecule has 1 aliphatic heterocycles. The second-order valence-electron chi connectivity index (χ2n) is 6.21. The zero-order valence-corrected chi connectivity index (χ0v) is 14.3. The highest BCUT2D eigenvalue weighted by Crippen LogP contribution is 2.28. The lowest BCUT2D eigenvalue weighted by molar-refractivity contribution is 0.0894. The molecule has 0 aromatic heterocycles. The summed E-state index contributed by atoms with van der Waals surface area (Å²) in [6, 6.07) is 16.4. The standard InChI is InChI=1S/C20H24N2O2/c1-3-18(14-24-2)21-20(23)15-8-10-19(11-9-15)22-12-16-6-4-5-7-17(16)13-22/h4-11,18H,3,12-14H2,1-2H3,(H,21,23). The highest BCUT2D eigenvalue weighted by molar-refractivity contribution is 5.94. The Labute approximate surface area is 143 Å². The molecule has 4 nitrogen and oxygen atoms in total. The monoisotopic (exact) mass is 324 g/mol. The molecule has 0 spiro atoms. The van der Waals surface area contributed by atoms with E-state index in [9.17, 15) is 4.79 Å². The third kappa shape index (κ3) is 3.60. The Morgan fingerprint density at radius 2 is 1.75 bits per heavy atom. The molecular weight excluding hydrogens is 300 g/mol. The molecule has 24 heavy (non-hydrogen) atoms. The number of fused-ring (bicyclic) bond motifs is 1. The summed E-state index contributed by atoms with van der Waals surface area (Å²) in [6.45, 7) is 4.42. The topological polar surface area (TPSA) is 41.6 Å². The van der Waals surface area contributed by atoms with Crippen molar-refractivity contribution in [2.75, 3.05) is 18.6 Å². The van der Waals surface area contributed by atoms with Crippen molar-refractivity contribution in [1.82, 2.24) is 5.32 Å². The quantitative estimate of drug-likeness (QED) is 0.886. The number of carbonyl (C=O) groups excluding carboxylic acids is 1. The lowest BCUT2D eigenvalue weighted by Gasteiger charge is -2.19. The Morgan fingerprint density at radius 3 is 2.29 bits per heavy atom. The minimum absolute atomic E-state index is 0.0461. The summed E-state index contributed by atoms with van der Waals surface area (Å²) in [5.74, 6) is -0.0461. The molecule has 0 saturated carbocycles. The molecule has 1 heterocycles. The molecule has 0 saturated heterocycles. The number of methoxy groups -OCH3 is 1. The van der Waals surface area contributed by atoms with Crippen LogP contribution in [-0.4, -0.2) is 25.7 Å². The van der Waals surface area contributed by atoms with Crippen LogP contribution in [0, 0.1) is 0 Å². The van der Waals surface area contributed by atoms with Crippen molar-refractivity contribution in [3.8, 4) is 0 Å². The largest absolute Gasteiger partial charge is 0.383 e. The van der Waals surface area contributed by atoms with Gasteiger partial charge < -0.3 is 15.0 Å². The van der Waals surface area contributed by atoms with Gasteiger partial charge >= 0.3 is 0 Å². The fourth-order valence-electron chi connectivity index (χ4n) is 3.07. The molecule has 1 N–H and O–H groups in total. The Kier molecular flexibility index (Phi) is 5.16. The lowest BCUT2D eigenvalue weighted by atomic mass is 10.1. The number of nitrogens with zero attached hydrogens (tertiary/aromatic N) is 1. The van der Waals surface area contributed by atoms with Crippen LogP contribution in [0.2, 0.25) is 0 Å². The van der Waals surface area contributed by atoms with Crippen LogP contribution in [0.3, 0.4) is 0 Å². The molecule has 126 valence electrons. The third-order valence-electron chi connectivity index (χ3n) is 4.53. The first-order valence-corrected chi connectivity index (χ1v) is 8.43. The Morgan fingerprint density at radius 1 is 1.12 bits per heavy atom. The molecule has 0 fully saturated rings. The van der Waals surface area contributed by atoms with Gasteiger partial charge in [-0.2, -0.15) is 0 Å². The summed E-state index contributed by atoms with van der Waals surface area (Å²) in [5, 5.41) is 3.01. The molecule has 0 bridgehead atoms. The van der Waals surface area contributed by atoms with Crippen molar-refractivity contribution in [2.24, 2.45) is 0 Å². The number of ether oxygens (including phenoxy) is 1. The predicted molar refractivity (Wildman–Crippen MR) is 96.2 cm³/mol. The Balaban J connectivity index is 1.65. The second-order valence-corrected chi connectivity index (χ2v) is 6.21. The van der Waals surface area contributed by atoms with E-state index < -0.39 is 0 Å². The maximum absolute atomic E-state index is 12.3. The number of anilines is 1. The van der Waals surface area contributed by atoms with Gasteiger partial charge in [0.05, 0.1) is 12.6 Å². The van der Waals surface area contributed by atoms with Crippen LogP contribution < -0.4 is 10.2 Å². The average Bonchev–Trinajstić information content (AvgIpc) is 3.05. The zero-order valence-electron chi connectivity index (χ0n) is 14.3. The first kappa shape index (κ1) is 16.5. The minimum Gasteiger partial charge on any atom is -0.383 e. The smallest absolute Gasteiger partial charge is 0.251 e. The van der Waals surface area contributed by atoms with Crippen LogP contribution in [0.5, 0.6) is 0 Å². The molecule has 1 aliphatic rings. The summed E-state index contributed by atoms with van der Waals surface area (Å²) < 4.78 is 5.13. The van der Waals surface area contributed by atoms with Gasteiger partial charge in [0.1, 0.15) is 0 Å². The molecule has 4 heteroatoms. The summed E-state index contributed by atoms with van der Waals surface area (Å²) in [4.78, 5) is 14.6. The number of nitrogens with one attached hydrogen (secondary N) is 1. The van der Waals surface area contributed by atoms with Crippen LogP contribution in [0.4, 0.5) is 5.69 Å². The molecule has 0 radical (unpaired) electrons. The van der Waals surface area contributed by atoms with E-state index in [1.165, 1.54) is 11.1 Å². The van der Waals surface area contributed by atoms with Gasteiger partial charge in [0.25, 0.3) is 5.91 Å². The van der Waals surface area contributed by atoms with Crippen LogP contribution >= 0.6 is 0 Å². The molecule has 0 aliphatic carbocycles. The number of carbonyl (C=O) groups is 1. The van der Waals surface area contributed by atoms with Gasteiger partial charge in [0.2, 0.25) is 0 Å². The van der Waals surface area contributed by atoms with Gasteiger partial charge in [0, 0.05) is 31.5 Å². The van der Waals surface area contributed by atoms with E-state index in [1.807, 2.05) is 31.2 Å². The molecule has 3 rings (SSSR count). The van der Waals surface area contributed by atoms with Gasteiger partial charge in [-0.1, -0.05) is 31.2 Å². The highest BCUT2D eigenvalue weighted by Gasteiger charge is 2.19. The maximum atomic E-state index is 12.3. The molecule has 1 atom stereocenters. The SMILES string of the molecule is CCC(COC)NC(=O)c1ccc(N2Cc3ccccc3C2)cc1. The minimum atomic E-state index is -0.0461. The Hall–Kier alpha value is -2.33. The first-order chi connectivity index (χ1) is 11.7. The highest BCUT2D eigenvalue weighted by atomic mass is 16.5. The molecule has 2 aromatic carbocycles. The molecule has 2 aromatic rings. The van der Waals surface area contributed by atoms with Crippen molar-refractivity contribution in [3.05, 3.63) is 65.2 Å². The predicted octanol–water partition coefficient (Wildman–Crippen LogP) is 3.36. The first-order valence-electron chi connectivity index (χ1n) is 8.43. The number of benzene rings is 2. The maximum Gasteiger partial charge on any atom is 0.251 e. The van der Waals surface area contributed by atoms with Crippen molar-refractivity contribution in [2.45, 2.75) is 32.5 Å². The van der Waals surface area contributed by atoms with E-state index in [0.29, 0.717) is 12.2 Å². The van der Waals surface area contributed by atoms with Crippen molar-refractivity contribution in [1.29, 1.82) is 0 Å². The van der Waals surface area contributed by atoms with Crippen LogP contribution in [0.1, 0.15) is 34.8 Å². The second kappa shape index (κ2) is 7.49. The number of rotatable bonds is 6. The fraction of sp³-hybridized carbons (Fsp3) is 0.350. The van der Waals surface area contributed by atoms with Crippen LogP contribution in [0.15, 0.2) is 48.5 Å². The van der Waals surface area contributed by atoms with Crippen LogP contribution in [-0.2, 0) is 17.8 Å². The molecule has 1 unspecified atom stereocenters. The Bertz CT molecular complexity index is 672. The molecular formula is C20H24N2O2. The van der Waals surface area contributed by atoms with Gasteiger partial charge in [-0.3, -0.25) is 4.79 Å². The van der Waals surface area contributed by atoms with E-state index in [2.05, 4.69) is 34.5 Å². The van der Waals surface area contributed by atoms with E-state index in [-0.39, 0.29) is 11.9 Å². The van der Waals surface area contributed by atoms with Gasteiger partial charge in [0.15, 0.2) is 0 Å². The normalized spacial score (nSPS) is 14.3. The van der Waals surface area contributed by atoms with Crippen molar-refractivity contribution in [3.63, 3.8) is 0 Å². The summed E-state index contributed by atoms with van der Waals surface area (Å²) in [6.07, 6.45) is 0.851. The summed E-state index contributed by atoms with van der Waals surface area (Å²) in [7, 11) is 1.65. The lowest BCUT2D eigenvalue weighted by Crippen LogP contribution is -2.37. The summed E-state index contributed by atoms with van der Waals surface area (Å²) >= 11 is 0. The van der Waals surface area contributed by atoms with Crippen LogP contribution in [0.25, 0.3) is 0 Å². The van der Waals surface area contributed by atoms with E-state index in [1.54, 1.807) is 7.11 Å². The van der Waals surface area contributed by atoms with Crippen molar-refractivity contribution < 1.29 is 9.53 Å². The zero-order chi connectivity index (χ0) is 16.9. The third-order valence-corrected chi connectivity index (χ3v) is 4.53. The number of hydrogen-bond donors (Lipinski definition) is 1. The average molecular weight is 324 g/mol. The fourth-order valence-corrected chi connectivity index (χ4v) is 3.07. The van der Waals surface area contributed by atoms with Gasteiger partial charge in [-0.25, -0.2) is 0 Å². The summed E-state index contributed by atoms with van der Waals surface area (Å²) in [5.41, 5.74) is 4.59. The van der Waals surface area contributed by atoms with E-state index in [0.717, 1.165) is 25.2 Å². The number of amides is 1. The van der Waals surface area contributed by atoms with Gasteiger partial charge in [-0.05, 0) is 41.8 Å². The van der Waals surface area contributed by atoms with E-state index in [4.69, 9.17) is 4.74 Å². The van der Waals surface area contributed by atoms with Crippen molar-refractivity contribution >= 4 is 11.6 Å². The number of hydrogen-bond acceptors (Lipinski definition) is 3. The molecule has 1 amide bonds. The van der Waals surface area contributed by atoms with Gasteiger partial charge in [-0.15, -0.1) is 0 Å².